The summed E-state index contributed by atoms with van der Waals surface area (Å²) in [5, 5.41) is 5.49. The Bertz CT molecular complexity index is 794. The standard InChI is InChI=1S/C14H11F5N4OS/c15-9-2-1-8(10(16)5-9)6-22-3-4-23(7-11(22)24)13-21-20-12(25-13)14(17,18)19/h1-2,5H,3-4,6-7H2. The lowest BCUT2D eigenvalue weighted by Crippen LogP contribution is -2.50. The number of rotatable bonds is 3. The average Bonchev–Trinajstić information content (AvgIpc) is 3.02. The Morgan fingerprint density at radius 3 is 2.52 bits per heavy atom. The van der Waals surface area contributed by atoms with E-state index in [1.165, 1.54) is 15.9 Å². The van der Waals surface area contributed by atoms with Crippen LogP contribution in [0.15, 0.2) is 18.2 Å². The second-order valence-corrected chi connectivity index (χ2v) is 6.32. The first kappa shape index (κ1) is 17.5. The first-order chi connectivity index (χ1) is 11.7. The molecule has 1 amide bonds. The van der Waals surface area contributed by atoms with Crippen LogP contribution in [0.25, 0.3) is 0 Å². The van der Waals surface area contributed by atoms with Crippen molar-refractivity contribution >= 4 is 22.4 Å². The van der Waals surface area contributed by atoms with Crippen molar-refractivity contribution < 1.29 is 26.7 Å². The van der Waals surface area contributed by atoms with Gasteiger partial charge in [-0.2, -0.15) is 13.2 Å². The van der Waals surface area contributed by atoms with Gasteiger partial charge in [0, 0.05) is 31.3 Å². The van der Waals surface area contributed by atoms with E-state index in [0.717, 1.165) is 12.1 Å². The minimum atomic E-state index is -4.58. The molecule has 1 aliphatic rings. The molecule has 134 valence electrons. The molecule has 25 heavy (non-hydrogen) atoms. The van der Waals surface area contributed by atoms with Gasteiger partial charge < -0.3 is 9.80 Å². The zero-order valence-electron chi connectivity index (χ0n) is 12.6. The minimum Gasteiger partial charge on any atom is -0.336 e. The Balaban J connectivity index is 1.66. The molecular formula is C14H11F5N4OS. The fraction of sp³-hybridized carbons (Fsp3) is 0.357. The van der Waals surface area contributed by atoms with Gasteiger partial charge in [0.1, 0.15) is 11.6 Å². The predicted molar refractivity (Wildman–Crippen MR) is 78.9 cm³/mol. The highest BCUT2D eigenvalue weighted by atomic mass is 32.1. The van der Waals surface area contributed by atoms with Crippen molar-refractivity contribution in [3.8, 4) is 0 Å². The molecule has 0 aliphatic carbocycles. The fourth-order valence-electron chi connectivity index (χ4n) is 2.35. The van der Waals surface area contributed by atoms with Gasteiger partial charge in [0.2, 0.25) is 16.0 Å². The van der Waals surface area contributed by atoms with E-state index in [2.05, 4.69) is 10.2 Å². The molecule has 1 fully saturated rings. The molecule has 0 atom stereocenters. The number of anilines is 1. The molecule has 0 spiro atoms. The number of aromatic nitrogens is 2. The molecule has 1 aliphatic heterocycles. The summed E-state index contributed by atoms with van der Waals surface area (Å²) in [4.78, 5) is 14.9. The number of nitrogens with zero attached hydrogens (tertiary/aromatic N) is 4. The number of hydrogen-bond donors (Lipinski definition) is 0. The third-order valence-corrected chi connectivity index (χ3v) is 4.65. The normalized spacial score (nSPS) is 15.8. The second-order valence-electron chi connectivity index (χ2n) is 5.36. The van der Waals surface area contributed by atoms with Crippen LogP contribution in [0.1, 0.15) is 10.6 Å². The van der Waals surface area contributed by atoms with Crippen molar-refractivity contribution in [2.45, 2.75) is 12.7 Å². The van der Waals surface area contributed by atoms with Crippen molar-refractivity contribution in [2.24, 2.45) is 0 Å². The number of alkyl halides is 3. The number of carbonyl (C=O) groups is 1. The molecule has 11 heteroatoms. The molecule has 1 saturated heterocycles. The summed E-state index contributed by atoms with van der Waals surface area (Å²) in [6, 6.07) is 3.08. The molecule has 2 aromatic rings. The van der Waals surface area contributed by atoms with Gasteiger partial charge in [-0.1, -0.05) is 17.4 Å². The van der Waals surface area contributed by atoms with Gasteiger partial charge in [-0.3, -0.25) is 4.79 Å². The van der Waals surface area contributed by atoms with Crippen LogP contribution in [0.3, 0.4) is 0 Å². The molecule has 5 nitrogen and oxygen atoms in total. The molecule has 2 heterocycles. The lowest BCUT2D eigenvalue weighted by molar-refractivity contribution is -0.138. The molecule has 1 aromatic carbocycles. The van der Waals surface area contributed by atoms with Gasteiger partial charge in [-0.15, -0.1) is 10.2 Å². The van der Waals surface area contributed by atoms with Crippen molar-refractivity contribution in [1.82, 2.24) is 15.1 Å². The second kappa shape index (κ2) is 6.54. The number of hydrogen-bond acceptors (Lipinski definition) is 5. The van der Waals surface area contributed by atoms with Gasteiger partial charge in [-0.25, -0.2) is 8.78 Å². The smallest absolute Gasteiger partial charge is 0.336 e. The van der Waals surface area contributed by atoms with Gasteiger partial charge in [0.15, 0.2) is 0 Å². The Hall–Kier alpha value is -2.30. The zero-order chi connectivity index (χ0) is 18.2. The van der Waals surface area contributed by atoms with E-state index in [-0.39, 0.29) is 36.9 Å². The summed E-state index contributed by atoms with van der Waals surface area (Å²) in [5.41, 5.74) is 0.165. The third kappa shape index (κ3) is 3.86. The molecule has 0 radical (unpaired) electrons. The Morgan fingerprint density at radius 2 is 1.92 bits per heavy atom. The van der Waals surface area contributed by atoms with Crippen molar-refractivity contribution in [3.63, 3.8) is 0 Å². The quantitative estimate of drug-likeness (QED) is 0.771. The van der Waals surface area contributed by atoms with Crippen LogP contribution < -0.4 is 4.90 Å². The summed E-state index contributed by atoms with van der Waals surface area (Å²) in [7, 11) is 0. The highest BCUT2D eigenvalue weighted by molar-refractivity contribution is 7.15. The highest BCUT2D eigenvalue weighted by Gasteiger charge is 2.37. The van der Waals surface area contributed by atoms with Crippen LogP contribution in [0.5, 0.6) is 0 Å². The van der Waals surface area contributed by atoms with Gasteiger partial charge in [-0.05, 0) is 6.07 Å². The van der Waals surface area contributed by atoms with Crippen LogP contribution in [0.4, 0.5) is 27.1 Å². The monoisotopic (exact) mass is 378 g/mol. The first-order valence-electron chi connectivity index (χ1n) is 7.11. The maximum absolute atomic E-state index is 13.7. The number of benzene rings is 1. The summed E-state index contributed by atoms with van der Waals surface area (Å²) in [6.45, 7) is 0.190. The number of piperazine rings is 1. The minimum absolute atomic E-state index is 0.00767. The molecule has 0 bridgehead atoms. The third-order valence-electron chi connectivity index (χ3n) is 3.62. The van der Waals surface area contributed by atoms with Gasteiger partial charge in [0.25, 0.3) is 0 Å². The summed E-state index contributed by atoms with van der Waals surface area (Å²) in [6.07, 6.45) is -4.58. The van der Waals surface area contributed by atoms with Crippen LogP contribution >= 0.6 is 11.3 Å². The first-order valence-corrected chi connectivity index (χ1v) is 7.93. The summed E-state index contributed by atoms with van der Waals surface area (Å²) >= 11 is 0.364. The maximum atomic E-state index is 13.7. The summed E-state index contributed by atoms with van der Waals surface area (Å²) < 4.78 is 64.3. The number of carbonyl (C=O) groups excluding carboxylic acids is 1. The van der Waals surface area contributed by atoms with Crippen LogP contribution in [0, 0.1) is 11.6 Å². The van der Waals surface area contributed by atoms with E-state index in [1.54, 1.807) is 0 Å². The van der Waals surface area contributed by atoms with E-state index in [0.29, 0.717) is 11.3 Å². The molecule has 0 N–H and O–H groups in total. The van der Waals surface area contributed by atoms with E-state index < -0.39 is 28.7 Å². The lowest BCUT2D eigenvalue weighted by Gasteiger charge is -2.34. The van der Waals surface area contributed by atoms with Gasteiger partial charge in [0.05, 0.1) is 6.54 Å². The lowest BCUT2D eigenvalue weighted by atomic mass is 10.1. The fourth-order valence-corrected chi connectivity index (χ4v) is 3.09. The molecular weight excluding hydrogens is 367 g/mol. The Labute approximate surface area is 142 Å². The van der Waals surface area contributed by atoms with Crippen molar-refractivity contribution in [3.05, 3.63) is 40.4 Å². The van der Waals surface area contributed by atoms with Crippen LogP contribution in [-0.2, 0) is 17.5 Å². The summed E-state index contributed by atoms with van der Waals surface area (Å²) in [5.74, 6) is -1.86. The van der Waals surface area contributed by atoms with Gasteiger partial charge >= 0.3 is 6.18 Å². The van der Waals surface area contributed by atoms with Crippen molar-refractivity contribution in [1.29, 1.82) is 0 Å². The molecule has 0 saturated carbocycles. The Morgan fingerprint density at radius 1 is 1.16 bits per heavy atom. The topological polar surface area (TPSA) is 49.3 Å². The Kier molecular flexibility index (Phi) is 4.58. The van der Waals surface area contributed by atoms with Crippen LogP contribution in [-0.4, -0.2) is 40.6 Å². The van der Waals surface area contributed by atoms with Crippen LogP contribution in [0.2, 0.25) is 0 Å². The molecule has 0 unspecified atom stereocenters. The molecule has 3 rings (SSSR count). The van der Waals surface area contributed by atoms with E-state index in [9.17, 15) is 26.7 Å². The largest absolute Gasteiger partial charge is 0.445 e. The zero-order valence-corrected chi connectivity index (χ0v) is 13.4. The highest BCUT2D eigenvalue weighted by Crippen LogP contribution is 2.34. The van der Waals surface area contributed by atoms with E-state index in [4.69, 9.17) is 0 Å². The van der Waals surface area contributed by atoms with E-state index >= 15 is 0 Å². The van der Waals surface area contributed by atoms with E-state index in [1.807, 2.05) is 0 Å². The number of halogens is 5. The van der Waals surface area contributed by atoms with Crippen molar-refractivity contribution in [2.75, 3.05) is 24.5 Å². The maximum Gasteiger partial charge on any atom is 0.445 e. The predicted octanol–water partition coefficient (Wildman–Crippen LogP) is 2.68. The average molecular weight is 378 g/mol. The number of amides is 1. The molecule has 1 aromatic heterocycles. The SMILES string of the molecule is O=C1CN(c2nnc(C(F)(F)F)s2)CCN1Cc1ccc(F)cc1F.